The summed E-state index contributed by atoms with van der Waals surface area (Å²) in [6.07, 6.45) is 0. The molecule has 0 unspecified atom stereocenters. The second-order valence-electron chi connectivity index (χ2n) is 5.73. The topological polar surface area (TPSA) is 47.3 Å². The molecule has 0 aliphatic rings. The van der Waals surface area contributed by atoms with Crippen molar-refractivity contribution in [3.05, 3.63) is 66.7 Å². The van der Waals surface area contributed by atoms with E-state index in [2.05, 4.69) is 34.6 Å². The van der Waals surface area contributed by atoms with E-state index in [9.17, 15) is 0 Å². The fraction of sp³-hybridized carbons (Fsp3) is 0.0952. The number of aromatic nitrogens is 1. The molecule has 1 heterocycles. The van der Waals surface area contributed by atoms with Crippen molar-refractivity contribution in [2.24, 2.45) is 0 Å². The Kier molecular flexibility index (Phi) is 3.86. The van der Waals surface area contributed by atoms with Crippen molar-refractivity contribution in [2.75, 3.05) is 19.5 Å². The van der Waals surface area contributed by atoms with Gasteiger partial charge in [0.15, 0.2) is 5.58 Å². The first-order valence-electron chi connectivity index (χ1n) is 8.10. The summed E-state index contributed by atoms with van der Waals surface area (Å²) in [7, 11) is 3.51. The van der Waals surface area contributed by atoms with Gasteiger partial charge in [-0.15, -0.1) is 0 Å². The van der Waals surface area contributed by atoms with Crippen molar-refractivity contribution in [1.82, 2.24) is 4.98 Å². The molecular weight excluding hydrogens is 312 g/mol. The Morgan fingerprint density at radius 1 is 0.880 bits per heavy atom. The molecule has 0 aliphatic carbocycles. The smallest absolute Gasteiger partial charge is 0.227 e. The van der Waals surface area contributed by atoms with E-state index in [-0.39, 0.29) is 0 Å². The van der Waals surface area contributed by atoms with Crippen LogP contribution in [0, 0.1) is 0 Å². The van der Waals surface area contributed by atoms with Gasteiger partial charge >= 0.3 is 0 Å². The van der Waals surface area contributed by atoms with E-state index in [0.29, 0.717) is 5.89 Å². The van der Waals surface area contributed by atoms with Crippen LogP contribution in [0.2, 0.25) is 0 Å². The lowest BCUT2D eigenvalue weighted by molar-refractivity contribution is 0.416. The molecule has 124 valence electrons. The molecule has 3 aromatic carbocycles. The Hall–Kier alpha value is -3.27. The molecule has 0 spiro atoms. The molecule has 0 aliphatic heterocycles. The van der Waals surface area contributed by atoms with Gasteiger partial charge in [0.25, 0.3) is 0 Å². The average Bonchev–Trinajstić information content (AvgIpc) is 3.11. The SMILES string of the molecule is CNc1cc(-c2nc3cc(-c4ccccc4)ccc3o2)ccc1OC. The van der Waals surface area contributed by atoms with Crippen molar-refractivity contribution in [2.45, 2.75) is 0 Å². The Bertz CT molecular complexity index is 1020. The second-order valence-corrected chi connectivity index (χ2v) is 5.73. The van der Waals surface area contributed by atoms with E-state index < -0.39 is 0 Å². The number of fused-ring (bicyclic) bond motifs is 1. The van der Waals surface area contributed by atoms with Gasteiger partial charge in [0.05, 0.1) is 12.8 Å². The molecular formula is C21H18N2O2. The first-order valence-corrected chi connectivity index (χ1v) is 8.10. The summed E-state index contributed by atoms with van der Waals surface area (Å²) in [6, 6.07) is 22.2. The van der Waals surface area contributed by atoms with Crippen LogP contribution in [0.1, 0.15) is 0 Å². The van der Waals surface area contributed by atoms with Gasteiger partial charge < -0.3 is 14.5 Å². The molecule has 0 atom stereocenters. The average molecular weight is 330 g/mol. The van der Waals surface area contributed by atoms with E-state index in [1.807, 2.05) is 49.5 Å². The molecule has 0 amide bonds. The summed E-state index contributed by atoms with van der Waals surface area (Å²) in [5.41, 5.74) is 5.71. The van der Waals surface area contributed by atoms with Crippen LogP contribution in [0.25, 0.3) is 33.7 Å². The van der Waals surface area contributed by atoms with Gasteiger partial charge in [-0.3, -0.25) is 0 Å². The lowest BCUT2D eigenvalue weighted by atomic mass is 10.1. The number of anilines is 1. The number of oxazole rings is 1. The van der Waals surface area contributed by atoms with Crippen LogP contribution in [0.4, 0.5) is 5.69 Å². The van der Waals surface area contributed by atoms with Crippen LogP contribution in [0.5, 0.6) is 5.75 Å². The second kappa shape index (κ2) is 6.32. The maximum Gasteiger partial charge on any atom is 0.227 e. The van der Waals surface area contributed by atoms with Crippen LogP contribution in [0.15, 0.2) is 71.1 Å². The first-order chi connectivity index (χ1) is 12.3. The van der Waals surface area contributed by atoms with Crippen molar-refractivity contribution in [3.8, 4) is 28.3 Å². The summed E-state index contributed by atoms with van der Waals surface area (Å²) >= 11 is 0. The first kappa shape index (κ1) is 15.3. The number of benzene rings is 3. The number of methoxy groups -OCH3 is 1. The molecule has 25 heavy (non-hydrogen) atoms. The minimum atomic E-state index is 0.597. The Labute approximate surface area is 146 Å². The Balaban J connectivity index is 1.77. The fourth-order valence-electron chi connectivity index (χ4n) is 2.90. The molecule has 4 nitrogen and oxygen atoms in total. The molecule has 1 N–H and O–H groups in total. The summed E-state index contributed by atoms with van der Waals surface area (Å²) in [5, 5.41) is 3.13. The molecule has 0 fully saturated rings. The Morgan fingerprint density at radius 3 is 2.44 bits per heavy atom. The van der Waals surface area contributed by atoms with Gasteiger partial charge in [-0.25, -0.2) is 4.98 Å². The van der Waals surface area contributed by atoms with Crippen molar-refractivity contribution in [3.63, 3.8) is 0 Å². The van der Waals surface area contributed by atoms with Crippen LogP contribution < -0.4 is 10.1 Å². The van der Waals surface area contributed by atoms with Gasteiger partial charge in [0.1, 0.15) is 11.3 Å². The van der Waals surface area contributed by atoms with Crippen molar-refractivity contribution in [1.29, 1.82) is 0 Å². The van der Waals surface area contributed by atoms with Gasteiger partial charge in [-0.05, 0) is 41.5 Å². The minimum Gasteiger partial charge on any atom is -0.495 e. The van der Waals surface area contributed by atoms with Crippen molar-refractivity contribution >= 4 is 16.8 Å². The van der Waals surface area contributed by atoms with Crippen LogP contribution >= 0.6 is 0 Å². The monoisotopic (exact) mass is 330 g/mol. The van der Waals surface area contributed by atoms with Crippen LogP contribution in [-0.2, 0) is 0 Å². The predicted molar refractivity (Wildman–Crippen MR) is 101 cm³/mol. The van der Waals surface area contributed by atoms with Crippen LogP contribution in [0.3, 0.4) is 0 Å². The highest BCUT2D eigenvalue weighted by atomic mass is 16.5. The lowest BCUT2D eigenvalue weighted by Gasteiger charge is -2.08. The number of hydrogen-bond donors (Lipinski definition) is 1. The standard InChI is InChI=1S/C21H18N2O2/c1-22-17-13-16(9-10-19(17)24-2)21-23-18-12-15(8-11-20(18)25-21)14-6-4-3-5-7-14/h3-13,22H,1-2H3. The molecule has 0 bridgehead atoms. The van der Waals surface area contributed by atoms with Crippen molar-refractivity contribution < 1.29 is 9.15 Å². The summed E-state index contributed by atoms with van der Waals surface area (Å²) < 4.78 is 11.3. The highest BCUT2D eigenvalue weighted by molar-refractivity contribution is 5.82. The molecule has 4 aromatic rings. The largest absolute Gasteiger partial charge is 0.495 e. The predicted octanol–water partition coefficient (Wildman–Crippen LogP) is 5.21. The third-order valence-corrected chi connectivity index (χ3v) is 4.21. The highest BCUT2D eigenvalue weighted by Crippen LogP contribution is 2.32. The van der Waals surface area contributed by atoms with E-state index >= 15 is 0 Å². The molecule has 1 aromatic heterocycles. The molecule has 0 saturated carbocycles. The van der Waals surface area contributed by atoms with E-state index in [0.717, 1.165) is 39.2 Å². The van der Waals surface area contributed by atoms with E-state index in [4.69, 9.17) is 9.15 Å². The van der Waals surface area contributed by atoms with Gasteiger partial charge in [0, 0.05) is 12.6 Å². The molecule has 4 heteroatoms. The summed E-state index contributed by atoms with van der Waals surface area (Å²) in [5.74, 6) is 1.38. The number of ether oxygens (including phenoxy) is 1. The number of nitrogens with zero attached hydrogens (tertiary/aromatic N) is 1. The zero-order valence-electron chi connectivity index (χ0n) is 14.1. The zero-order chi connectivity index (χ0) is 17.2. The maximum atomic E-state index is 5.94. The molecule has 4 rings (SSSR count). The normalized spacial score (nSPS) is 10.8. The van der Waals surface area contributed by atoms with Crippen LogP contribution in [-0.4, -0.2) is 19.1 Å². The number of nitrogens with one attached hydrogen (secondary N) is 1. The van der Waals surface area contributed by atoms with E-state index in [1.165, 1.54) is 0 Å². The molecule has 0 saturated heterocycles. The maximum absolute atomic E-state index is 5.94. The van der Waals surface area contributed by atoms with Gasteiger partial charge in [-0.2, -0.15) is 0 Å². The molecule has 0 radical (unpaired) electrons. The number of hydrogen-bond acceptors (Lipinski definition) is 4. The van der Waals surface area contributed by atoms with E-state index in [1.54, 1.807) is 7.11 Å². The lowest BCUT2D eigenvalue weighted by Crippen LogP contribution is -1.94. The van der Waals surface area contributed by atoms with Gasteiger partial charge in [0.2, 0.25) is 5.89 Å². The number of rotatable bonds is 4. The fourth-order valence-corrected chi connectivity index (χ4v) is 2.90. The summed E-state index contributed by atoms with van der Waals surface area (Å²) in [6.45, 7) is 0. The third kappa shape index (κ3) is 2.83. The van der Waals surface area contributed by atoms with Gasteiger partial charge in [-0.1, -0.05) is 36.4 Å². The summed E-state index contributed by atoms with van der Waals surface area (Å²) in [4.78, 5) is 4.66. The Morgan fingerprint density at radius 2 is 1.68 bits per heavy atom. The highest BCUT2D eigenvalue weighted by Gasteiger charge is 2.12. The zero-order valence-corrected chi connectivity index (χ0v) is 14.1. The third-order valence-electron chi connectivity index (χ3n) is 4.21. The quantitative estimate of drug-likeness (QED) is 0.558. The minimum absolute atomic E-state index is 0.597.